The number of nitro benzene ring substituents is 1. The summed E-state index contributed by atoms with van der Waals surface area (Å²) < 4.78 is 0. The summed E-state index contributed by atoms with van der Waals surface area (Å²) in [7, 11) is 0. The summed E-state index contributed by atoms with van der Waals surface area (Å²) in [4.78, 5) is 24.2. The summed E-state index contributed by atoms with van der Waals surface area (Å²) in [6.45, 7) is 0.290. The summed E-state index contributed by atoms with van der Waals surface area (Å²) >= 11 is 0. The third-order valence-electron chi connectivity index (χ3n) is 4.21. The van der Waals surface area contributed by atoms with Gasteiger partial charge in [-0.15, -0.1) is 0 Å². The third kappa shape index (κ3) is 4.17. The minimum absolute atomic E-state index is 0.0836. The van der Waals surface area contributed by atoms with Crippen LogP contribution in [0.25, 0.3) is 11.4 Å². The van der Waals surface area contributed by atoms with E-state index in [1.807, 2.05) is 18.2 Å². The first-order chi connectivity index (χ1) is 13.2. The van der Waals surface area contributed by atoms with Gasteiger partial charge >= 0.3 is 0 Å². The molecule has 0 atom stereocenters. The number of nitrogens with zero attached hydrogens (tertiary/aromatic N) is 4. The number of hydrogen-bond acceptors (Lipinski definition) is 7. The van der Waals surface area contributed by atoms with Crippen LogP contribution >= 0.6 is 0 Å². The quantitative estimate of drug-likeness (QED) is 0.488. The highest BCUT2D eigenvalue weighted by molar-refractivity contribution is 5.61. The predicted molar refractivity (Wildman–Crippen MR) is 102 cm³/mol. The standard InChI is InChI=1S/C19H18N6O2/c26-25(27)17-7-2-1-5-13(17)12-21-18-11-16(15-6-3-4-10-20-15)23-19(24-18)22-14-8-9-14/h1-7,10-11,14H,8-9,12H2,(H2,21,22,23,24). The molecule has 8 heteroatoms. The molecule has 0 aliphatic heterocycles. The lowest BCUT2D eigenvalue weighted by molar-refractivity contribution is -0.385. The van der Waals surface area contributed by atoms with Gasteiger partial charge in [0.25, 0.3) is 5.69 Å². The topological polar surface area (TPSA) is 106 Å². The minimum atomic E-state index is -0.379. The van der Waals surface area contributed by atoms with E-state index in [4.69, 9.17) is 0 Å². The largest absolute Gasteiger partial charge is 0.366 e. The number of rotatable bonds is 7. The zero-order valence-electron chi connectivity index (χ0n) is 14.5. The fourth-order valence-corrected chi connectivity index (χ4v) is 2.68. The predicted octanol–water partition coefficient (Wildman–Crippen LogP) is 3.63. The van der Waals surface area contributed by atoms with E-state index in [0.717, 1.165) is 18.5 Å². The van der Waals surface area contributed by atoms with Crippen LogP contribution in [-0.2, 0) is 6.54 Å². The lowest BCUT2D eigenvalue weighted by Crippen LogP contribution is -2.10. The number of aromatic nitrogens is 3. The van der Waals surface area contributed by atoms with Gasteiger partial charge in [0.05, 0.1) is 16.3 Å². The number of hydrogen-bond donors (Lipinski definition) is 2. The second-order valence-corrected chi connectivity index (χ2v) is 6.33. The van der Waals surface area contributed by atoms with E-state index in [-0.39, 0.29) is 10.6 Å². The zero-order chi connectivity index (χ0) is 18.6. The van der Waals surface area contributed by atoms with Crippen LogP contribution in [0.5, 0.6) is 0 Å². The number of nitrogens with one attached hydrogen (secondary N) is 2. The number of anilines is 2. The highest BCUT2D eigenvalue weighted by atomic mass is 16.6. The van der Waals surface area contributed by atoms with Crippen molar-refractivity contribution in [1.29, 1.82) is 0 Å². The van der Waals surface area contributed by atoms with Crippen molar-refractivity contribution in [3.05, 3.63) is 70.4 Å². The van der Waals surface area contributed by atoms with Crippen molar-refractivity contribution in [2.75, 3.05) is 10.6 Å². The van der Waals surface area contributed by atoms with Crippen molar-refractivity contribution in [3.8, 4) is 11.4 Å². The molecule has 8 nitrogen and oxygen atoms in total. The van der Waals surface area contributed by atoms with Crippen LogP contribution in [0.2, 0.25) is 0 Å². The maximum atomic E-state index is 11.2. The molecular formula is C19H18N6O2. The molecular weight excluding hydrogens is 344 g/mol. The summed E-state index contributed by atoms with van der Waals surface area (Å²) in [5.41, 5.74) is 2.11. The average molecular weight is 362 g/mol. The van der Waals surface area contributed by atoms with Crippen molar-refractivity contribution in [1.82, 2.24) is 15.0 Å². The van der Waals surface area contributed by atoms with E-state index in [2.05, 4.69) is 25.6 Å². The summed E-state index contributed by atoms with van der Waals surface area (Å²) in [5.74, 6) is 1.12. The van der Waals surface area contributed by atoms with Crippen LogP contribution in [0, 0.1) is 10.1 Å². The normalized spacial score (nSPS) is 13.2. The smallest absolute Gasteiger partial charge is 0.274 e. The molecule has 0 amide bonds. The van der Waals surface area contributed by atoms with E-state index in [1.165, 1.54) is 6.07 Å². The second kappa shape index (κ2) is 7.36. The molecule has 0 bridgehead atoms. The van der Waals surface area contributed by atoms with Crippen molar-refractivity contribution >= 4 is 17.5 Å². The Morgan fingerprint density at radius 3 is 2.63 bits per heavy atom. The average Bonchev–Trinajstić information content (AvgIpc) is 3.51. The van der Waals surface area contributed by atoms with Gasteiger partial charge in [-0.1, -0.05) is 24.3 Å². The van der Waals surface area contributed by atoms with Gasteiger partial charge in [0.2, 0.25) is 5.95 Å². The maximum Gasteiger partial charge on any atom is 0.274 e. The van der Waals surface area contributed by atoms with Gasteiger partial charge in [0.15, 0.2) is 0 Å². The third-order valence-corrected chi connectivity index (χ3v) is 4.21. The SMILES string of the molecule is O=[N+]([O-])c1ccccc1CNc1cc(-c2ccccn2)nc(NC2CC2)n1. The van der Waals surface area contributed by atoms with Crippen LogP contribution in [0.3, 0.4) is 0 Å². The fourth-order valence-electron chi connectivity index (χ4n) is 2.68. The van der Waals surface area contributed by atoms with Gasteiger partial charge in [0.1, 0.15) is 5.82 Å². The molecule has 4 rings (SSSR count). The van der Waals surface area contributed by atoms with Crippen molar-refractivity contribution < 1.29 is 4.92 Å². The summed E-state index contributed by atoms with van der Waals surface area (Å²) in [6, 6.07) is 14.5. The van der Waals surface area contributed by atoms with Crippen LogP contribution in [-0.4, -0.2) is 25.9 Å². The van der Waals surface area contributed by atoms with Crippen LogP contribution in [0.4, 0.5) is 17.5 Å². The molecule has 0 spiro atoms. The van der Waals surface area contributed by atoms with Gasteiger partial charge in [0, 0.05) is 36.5 Å². The van der Waals surface area contributed by atoms with E-state index < -0.39 is 0 Å². The van der Waals surface area contributed by atoms with Gasteiger partial charge in [-0.3, -0.25) is 15.1 Å². The highest BCUT2D eigenvalue weighted by Gasteiger charge is 2.22. The molecule has 27 heavy (non-hydrogen) atoms. The Kier molecular flexibility index (Phi) is 4.61. The molecule has 2 N–H and O–H groups in total. The first-order valence-electron chi connectivity index (χ1n) is 8.72. The Labute approximate surface area is 155 Å². The van der Waals surface area contributed by atoms with Gasteiger partial charge in [-0.2, -0.15) is 4.98 Å². The molecule has 1 aliphatic carbocycles. The van der Waals surface area contributed by atoms with E-state index in [0.29, 0.717) is 35.6 Å². The minimum Gasteiger partial charge on any atom is -0.366 e. The summed E-state index contributed by atoms with van der Waals surface area (Å²) in [6.07, 6.45) is 3.93. The molecule has 0 unspecified atom stereocenters. The van der Waals surface area contributed by atoms with Gasteiger partial charge in [-0.25, -0.2) is 4.98 Å². The molecule has 1 aromatic carbocycles. The Balaban J connectivity index is 1.61. The van der Waals surface area contributed by atoms with Gasteiger partial charge in [-0.05, 0) is 25.0 Å². The number of para-hydroxylation sites is 1. The van der Waals surface area contributed by atoms with Gasteiger partial charge < -0.3 is 10.6 Å². The second-order valence-electron chi connectivity index (χ2n) is 6.33. The molecule has 1 saturated carbocycles. The molecule has 0 saturated heterocycles. The Hall–Kier alpha value is -3.55. The first-order valence-corrected chi connectivity index (χ1v) is 8.72. The highest BCUT2D eigenvalue weighted by Crippen LogP contribution is 2.26. The zero-order valence-corrected chi connectivity index (χ0v) is 14.5. The van der Waals surface area contributed by atoms with Crippen LogP contribution < -0.4 is 10.6 Å². The maximum absolute atomic E-state index is 11.2. The lowest BCUT2D eigenvalue weighted by atomic mass is 10.2. The van der Waals surface area contributed by atoms with E-state index in [9.17, 15) is 10.1 Å². The van der Waals surface area contributed by atoms with E-state index in [1.54, 1.807) is 30.5 Å². The first kappa shape index (κ1) is 16.9. The molecule has 3 aromatic rings. The number of nitro groups is 1. The molecule has 1 aliphatic rings. The monoisotopic (exact) mass is 362 g/mol. The lowest BCUT2D eigenvalue weighted by Gasteiger charge is -2.11. The summed E-state index contributed by atoms with van der Waals surface area (Å²) in [5, 5.41) is 17.7. The molecule has 2 aromatic heterocycles. The van der Waals surface area contributed by atoms with Crippen molar-refractivity contribution in [3.63, 3.8) is 0 Å². The van der Waals surface area contributed by atoms with E-state index >= 15 is 0 Å². The van der Waals surface area contributed by atoms with Crippen LogP contribution in [0.15, 0.2) is 54.7 Å². The molecule has 1 fully saturated rings. The molecule has 0 radical (unpaired) electrons. The fraction of sp³-hybridized carbons (Fsp3) is 0.211. The Morgan fingerprint density at radius 1 is 1.07 bits per heavy atom. The molecule has 2 heterocycles. The Morgan fingerprint density at radius 2 is 1.89 bits per heavy atom. The number of pyridine rings is 1. The van der Waals surface area contributed by atoms with Crippen molar-refractivity contribution in [2.24, 2.45) is 0 Å². The molecule has 136 valence electrons. The van der Waals surface area contributed by atoms with Crippen LogP contribution in [0.1, 0.15) is 18.4 Å². The van der Waals surface area contributed by atoms with Crippen molar-refractivity contribution in [2.45, 2.75) is 25.4 Å². The Bertz CT molecular complexity index is 959. The number of benzene rings is 1.